The van der Waals surface area contributed by atoms with Crippen LogP contribution in [0, 0.1) is 23.2 Å². The van der Waals surface area contributed by atoms with E-state index in [0.29, 0.717) is 36.1 Å². The van der Waals surface area contributed by atoms with Gasteiger partial charge in [0.1, 0.15) is 0 Å². The van der Waals surface area contributed by atoms with Gasteiger partial charge in [0, 0.05) is 18.9 Å². The highest BCUT2D eigenvalue weighted by Crippen LogP contribution is 2.61. The summed E-state index contributed by atoms with van der Waals surface area (Å²) in [6.07, 6.45) is 11.0. The molecule has 0 aromatic rings. The van der Waals surface area contributed by atoms with E-state index in [2.05, 4.69) is 31.3 Å². The van der Waals surface area contributed by atoms with Crippen molar-refractivity contribution in [2.24, 2.45) is 23.2 Å². The van der Waals surface area contributed by atoms with Gasteiger partial charge in [-0.15, -0.1) is 0 Å². The second kappa shape index (κ2) is 8.17. The Kier molecular flexibility index (Phi) is 6.47. The Hall–Kier alpha value is -1.32. The van der Waals surface area contributed by atoms with E-state index in [1.165, 1.54) is 12.8 Å². The molecule has 0 radical (unpaired) electrons. The number of amides is 1. The summed E-state index contributed by atoms with van der Waals surface area (Å²) in [7, 11) is 0. The molecule has 0 aliphatic heterocycles. The van der Waals surface area contributed by atoms with Gasteiger partial charge in [0.05, 0.1) is 0 Å². The fourth-order valence-corrected chi connectivity index (χ4v) is 4.61. The summed E-state index contributed by atoms with van der Waals surface area (Å²) in [4.78, 5) is 22.6. The average molecular weight is 335 g/mol. The summed E-state index contributed by atoms with van der Waals surface area (Å²) >= 11 is 0. The zero-order valence-electron chi connectivity index (χ0n) is 15.4. The standard InChI is InChI=1S/C20H33NO3/c1-4-9-17(22)21-19-14(10-7-5-6-8-11-18(23)24)12-15-13-16(19)20(15,2)3/h5,7,14-16,19H,4,6,8-13H2,1-3H3,(H,21,22)(H,23,24)/b7-5-/t14-,15-,16-,19+/m0/s1. The van der Waals surface area contributed by atoms with Crippen LogP contribution in [0.1, 0.15) is 72.1 Å². The SMILES string of the molecule is CCCC(=O)N[C@@H]1[C@@H](C/C=C\CCCC(=O)O)C[C@H]2C[C@@H]1C2(C)C. The monoisotopic (exact) mass is 335 g/mol. The van der Waals surface area contributed by atoms with E-state index < -0.39 is 5.97 Å². The largest absolute Gasteiger partial charge is 0.481 e. The molecule has 3 aliphatic rings. The Morgan fingerprint density at radius 3 is 2.58 bits per heavy atom. The van der Waals surface area contributed by atoms with E-state index in [0.717, 1.165) is 25.2 Å². The molecule has 0 saturated heterocycles. The lowest BCUT2D eigenvalue weighted by Gasteiger charge is -2.62. The molecular weight excluding hydrogens is 302 g/mol. The number of nitrogens with one attached hydrogen (secondary N) is 1. The third-order valence-electron chi connectivity index (χ3n) is 6.25. The first-order valence-corrected chi connectivity index (χ1v) is 9.52. The maximum Gasteiger partial charge on any atom is 0.303 e. The van der Waals surface area contributed by atoms with Crippen LogP contribution in [0.25, 0.3) is 0 Å². The molecule has 4 heteroatoms. The van der Waals surface area contributed by atoms with Crippen molar-refractivity contribution in [3.05, 3.63) is 12.2 Å². The zero-order valence-corrected chi connectivity index (χ0v) is 15.4. The van der Waals surface area contributed by atoms with Crippen LogP contribution in [-0.2, 0) is 9.59 Å². The van der Waals surface area contributed by atoms with Gasteiger partial charge in [0.2, 0.25) is 5.91 Å². The maximum absolute atomic E-state index is 12.1. The first-order valence-electron chi connectivity index (χ1n) is 9.52. The highest BCUT2D eigenvalue weighted by Gasteiger charge is 2.57. The van der Waals surface area contributed by atoms with Crippen LogP contribution in [0.5, 0.6) is 0 Å². The van der Waals surface area contributed by atoms with Gasteiger partial charge >= 0.3 is 5.97 Å². The lowest BCUT2D eigenvalue weighted by atomic mass is 9.44. The summed E-state index contributed by atoms with van der Waals surface area (Å²) in [5.41, 5.74) is 0.353. The van der Waals surface area contributed by atoms with E-state index in [1.54, 1.807) is 0 Å². The van der Waals surface area contributed by atoms with Crippen LogP contribution in [0.2, 0.25) is 0 Å². The maximum atomic E-state index is 12.1. The molecule has 0 unspecified atom stereocenters. The Balaban J connectivity index is 1.88. The molecule has 0 aromatic carbocycles. The molecule has 0 heterocycles. The van der Waals surface area contributed by atoms with Gasteiger partial charge in [-0.25, -0.2) is 0 Å². The number of allylic oxidation sites excluding steroid dienone is 2. The molecule has 136 valence electrons. The third kappa shape index (κ3) is 4.40. The van der Waals surface area contributed by atoms with Gasteiger partial charge in [0.25, 0.3) is 0 Å². The quantitative estimate of drug-likeness (QED) is 0.491. The molecule has 3 aliphatic carbocycles. The van der Waals surface area contributed by atoms with Crippen LogP contribution >= 0.6 is 0 Å². The van der Waals surface area contributed by atoms with E-state index in [-0.39, 0.29) is 12.3 Å². The molecule has 4 nitrogen and oxygen atoms in total. The van der Waals surface area contributed by atoms with Gasteiger partial charge in [0.15, 0.2) is 0 Å². The van der Waals surface area contributed by atoms with Gasteiger partial charge in [-0.3, -0.25) is 9.59 Å². The van der Waals surface area contributed by atoms with Crippen molar-refractivity contribution in [2.45, 2.75) is 78.2 Å². The van der Waals surface area contributed by atoms with Crippen molar-refractivity contribution in [1.82, 2.24) is 5.32 Å². The van der Waals surface area contributed by atoms with Gasteiger partial charge < -0.3 is 10.4 Å². The number of carboxylic acids is 1. The molecule has 3 rings (SSSR count). The van der Waals surface area contributed by atoms with E-state index in [4.69, 9.17) is 5.11 Å². The summed E-state index contributed by atoms with van der Waals surface area (Å²) in [6, 6.07) is 0.299. The van der Waals surface area contributed by atoms with Crippen LogP contribution in [0.3, 0.4) is 0 Å². The van der Waals surface area contributed by atoms with Gasteiger partial charge in [-0.2, -0.15) is 0 Å². The Bertz CT molecular complexity index is 483. The average Bonchev–Trinajstić information content (AvgIpc) is 2.51. The summed E-state index contributed by atoms with van der Waals surface area (Å²) in [5, 5.41) is 12.0. The summed E-state index contributed by atoms with van der Waals surface area (Å²) in [5.74, 6) is 1.38. The number of hydrogen-bond donors (Lipinski definition) is 2. The minimum absolute atomic E-state index is 0.194. The molecule has 1 amide bonds. The molecule has 3 saturated carbocycles. The highest BCUT2D eigenvalue weighted by molar-refractivity contribution is 5.76. The van der Waals surface area contributed by atoms with Crippen LogP contribution < -0.4 is 5.32 Å². The Labute approximate surface area is 146 Å². The van der Waals surface area contributed by atoms with Crippen LogP contribution in [0.15, 0.2) is 12.2 Å². The molecule has 0 spiro atoms. The van der Waals surface area contributed by atoms with E-state index in [9.17, 15) is 9.59 Å². The van der Waals surface area contributed by atoms with Crippen molar-refractivity contribution in [1.29, 1.82) is 0 Å². The van der Waals surface area contributed by atoms with Crippen molar-refractivity contribution in [2.75, 3.05) is 0 Å². The molecule has 3 fully saturated rings. The molecule has 4 atom stereocenters. The molecule has 24 heavy (non-hydrogen) atoms. The van der Waals surface area contributed by atoms with Crippen molar-refractivity contribution in [3.63, 3.8) is 0 Å². The number of unbranched alkanes of at least 4 members (excludes halogenated alkanes) is 1. The number of carboxylic acid groups (broad SMARTS) is 1. The molecule has 0 aromatic heterocycles. The smallest absolute Gasteiger partial charge is 0.303 e. The minimum Gasteiger partial charge on any atom is -0.481 e. The number of carbonyl (C=O) groups excluding carboxylic acids is 1. The highest BCUT2D eigenvalue weighted by atomic mass is 16.4. The van der Waals surface area contributed by atoms with E-state index >= 15 is 0 Å². The number of rotatable bonds is 9. The fraction of sp³-hybridized carbons (Fsp3) is 0.800. The normalized spacial score (nSPS) is 30.8. The number of aliphatic carboxylic acids is 1. The van der Waals surface area contributed by atoms with Crippen LogP contribution in [-0.4, -0.2) is 23.0 Å². The van der Waals surface area contributed by atoms with Crippen LogP contribution in [0.4, 0.5) is 0 Å². The number of carbonyl (C=O) groups is 2. The third-order valence-corrected chi connectivity index (χ3v) is 6.25. The Morgan fingerprint density at radius 2 is 1.96 bits per heavy atom. The predicted octanol–water partition coefficient (Wildman–Crippen LogP) is 4.15. The van der Waals surface area contributed by atoms with E-state index in [1.807, 2.05) is 6.92 Å². The lowest BCUT2D eigenvalue weighted by Crippen LogP contribution is -2.63. The van der Waals surface area contributed by atoms with Gasteiger partial charge in [-0.1, -0.05) is 32.9 Å². The predicted molar refractivity (Wildman–Crippen MR) is 95.6 cm³/mol. The molecule has 2 N–H and O–H groups in total. The van der Waals surface area contributed by atoms with Gasteiger partial charge in [-0.05, 0) is 61.7 Å². The van der Waals surface area contributed by atoms with Crippen molar-refractivity contribution >= 4 is 11.9 Å². The summed E-state index contributed by atoms with van der Waals surface area (Å²) < 4.78 is 0. The Morgan fingerprint density at radius 1 is 1.21 bits per heavy atom. The summed E-state index contributed by atoms with van der Waals surface area (Å²) in [6.45, 7) is 6.74. The molecule has 2 bridgehead atoms. The first-order chi connectivity index (χ1) is 11.4. The lowest BCUT2D eigenvalue weighted by molar-refractivity contribution is -0.137. The first kappa shape index (κ1) is 19.0. The number of hydrogen-bond acceptors (Lipinski definition) is 2. The second-order valence-corrected chi connectivity index (χ2v) is 8.19. The topological polar surface area (TPSA) is 66.4 Å². The van der Waals surface area contributed by atoms with Crippen molar-refractivity contribution in [3.8, 4) is 0 Å². The fourth-order valence-electron chi connectivity index (χ4n) is 4.61. The molecular formula is C20H33NO3. The second-order valence-electron chi connectivity index (χ2n) is 8.19. The minimum atomic E-state index is -0.725. The van der Waals surface area contributed by atoms with Crippen molar-refractivity contribution < 1.29 is 14.7 Å². The zero-order chi connectivity index (χ0) is 17.7. The number of fused-ring (bicyclic) bond motifs is 2.